The molecule has 1 N–H and O–H groups in total. The molecule has 0 unspecified atom stereocenters. The van der Waals surface area contributed by atoms with Crippen molar-refractivity contribution in [3.63, 3.8) is 0 Å². The lowest BCUT2D eigenvalue weighted by atomic mass is 10.1. The SMILES string of the molecule is CCc1ccc(NC(=O)CSc2nnc3c4cc(-c5ccc(OC)cc5)nn4ccn23)cc1. The Balaban J connectivity index is 1.33. The fourth-order valence-corrected chi connectivity index (χ4v) is 4.26. The molecule has 0 saturated heterocycles. The molecule has 0 spiro atoms. The standard InChI is InChI=1S/C24H22N6O2S/c1-3-16-4-8-18(9-5-16)25-22(31)15-33-24-27-26-23-21-14-20(28-30(21)13-12-29(23)24)17-6-10-19(32-2)11-7-17/h4-14H,3,15H2,1-2H3,(H,25,31). The number of nitrogens with zero attached hydrogens (tertiary/aromatic N) is 5. The van der Waals surface area contributed by atoms with Gasteiger partial charge in [-0.15, -0.1) is 10.2 Å². The number of ether oxygens (including phenoxy) is 1. The normalized spacial score (nSPS) is 11.2. The lowest BCUT2D eigenvalue weighted by molar-refractivity contribution is -0.113. The van der Waals surface area contributed by atoms with Gasteiger partial charge in [-0.05, 0) is 54.4 Å². The van der Waals surface area contributed by atoms with Crippen molar-refractivity contribution in [1.82, 2.24) is 24.2 Å². The number of carbonyl (C=O) groups is 1. The van der Waals surface area contributed by atoms with Crippen LogP contribution in [0.5, 0.6) is 5.75 Å². The van der Waals surface area contributed by atoms with Gasteiger partial charge in [-0.25, -0.2) is 4.52 Å². The molecule has 0 saturated carbocycles. The lowest BCUT2D eigenvalue weighted by Crippen LogP contribution is -2.14. The molecule has 3 heterocycles. The van der Waals surface area contributed by atoms with E-state index in [1.54, 1.807) is 11.6 Å². The van der Waals surface area contributed by atoms with Crippen LogP contribution in [-0.2, 0) is 11.2 Å². The average molecular weight is 459 g/mol. The van der Waals surface area contributed by atoms with Crippen LogP contribution in [0.25, 0.3) is 22.4 Å². The van der Waals surface area contributed by atoms with Crippen molar-refractivity contribution in [3.05, 3.63) is 72.6 Å². The third-order valence-electron chi connectivity index (χ3n) is 5.35. The second-order valence-electron chi connectivity index (χ2n) is 7.45. The number of anilines is 1. The molecule has 5 aromatic rings. The Hall–Kier alpha value is -3.85. The van der Waals surface area contributed by atoms with E-state index in [0.29, 0.717) is 10.8 Å². The largest absolute Gasteiger partial charge is 0.497 e. The van der Waals surface area contributed by atoms with Crippen LogP contribution in [-0.4, -0.2) is 43.0 Å². The maximum atomic E-state index is 12.4. The molecule has 166 valence electrons. The van der Waals surface area contributed by atoms with Crippen LogP contribution in [0.15, 0.2) is 72.1 Å². The zero-order valence-corrected chi connectivity index (χ0v) is 19.0. The number of hydrogen-bond donors (Lipinski definition) is 1. The quantitative estimate of drug-likeness (QED) is 0.365. The lowest BCUT2D eigenvalue weighted by Gasteiger charge is -2.05. The van der Waals surface area contributed by atoms with Gasteiger partial charge in [0.05, 0.1) is 18.6 Å². The number of aromatic nitrogens is 5. The van der Waals surface area contributed by atoms with Crippen molar-refractivity contribution >= 4 is 34.5 Å². The first-order valence-corrected chi connectivity index (χ1v) is 11.5. The molecular weight excluding hydrogens is 436 g/mol. The average Bonchev–Trinajstić information content (AvgIpc) is 3.47. The minimum absolute atomic E-state index is 0.0896. The fraction of sp³-hybridized carbons (Fsp3) is 0.167. The van der Waals surface area contributed by atoms with Crippen molar-refractivity contribution in [2.75, 3.05) is 18.2 Å². The third kappa shape index (κ3) is 4.27. The highest BCUT2D eigenvalue weighted by Gasteiger charge is 2.14. The molecule has 5 rings (SSSR count). The molecule has 2 aromatic carbocycles. The van der Waals surface area contributed by atoms with Crippen molar-refractivity contribution in [2.24, 2.45) is 0 Å². The molecule has 9 heteroatoms. The minimum atomic E-state index is -0.0896. The molecule has 0 aliphatic heterocycles. The molecule has 1 amide bonds. The molecule has 33 heavy (non-hydrogen) atoms. The van der Waals surface area contributed by atoms with Crippen LogP contribution in [0, 0.1) is 0 Å². The van der Waals surface area contributed by atoms with Crippen LogP contribution in [0.1, 0.15) is 12.5 Å². The van der Waals surface area contributed by atoms with E-state index >= 15 is 0 Å². The Morgan fingerprint density at radius 3 is 2.58 bits per heavy atom. The summed E-state index contributed by atoms with van der Waals surface area (Å²) in [4.78, 5) is 12.4. The highest BCUT2D eigenvalue weighted by Crippen LogP contribution is 2.25. The van der Waals surface area contributed by atoms with Gasteiger partial charge in [0.1, 0.15) is 11.3 Å². The molecule has 0 aliphatic carbocycles. The molecule has 0 aliphatic rings. The van der Waals surface area contributed by atoms with E-state index in [2.05, 4.69) is 27.5 Å². The van der Waals surface area contributed by atoms with Gasteiger partial charge in [-0.2, -0.15) is 5.10 Å². The van der Waals surface area contributed by atoms with Gasteiger partial charge in [0.2, 0.25) is 5.91 Å². The smallest absolute Gasteiger partial charge is 0.234 e. The zero-order valence-electron chi connectivity index (χ0n) is 18.2. The van der Waals surface area contributed by atoms with E-state index in [-0.39, 0.29) is 11.7 Å². The second-order valence-corrected chi connectivity index (χ2v) is 8.39. The molecule has 0 atom stereocenters. The maximum Gasteiger partial charge on any atom is 0.234 e. The summed E-state index contributed by atoms with van der Waals surface area (Å²) >= 11 is 1.34. The van der Waals surface area contributed by atoms with E-state index in [1.807, 2.05) is 71.4 Å². The van der Waals surface area contributed by atoms with Crippen LogP contribution in [0.2, 0.25) is 0 Å². The zero-order chi connectivity index (χ0) is 22.8. The molecular formula is C24H22N6O2S. The summed E-state index contributed by atoms with van der Waals surface area (Å²) in [6.45, 7) is 2.10. The Kier molecular flexibility index (Phi) is 5.70. The molecule has 0 fully saturated rings. The van der Waals surface area contributed by atoms with Crippen LogP contribution < -0.4 is 10.1 Å². The van der Waals surface area contributed by atoms with Gasteiger partial charge in [0.15, 0.2) is 10.8 Å². The summed E-state index contributed by atoms with van der Waals surface area (Å²) in [7, 11) is 1.64. The van der Waals surface area contributed by atoms with E-state index in [9.17, 15) is 4.79 Å². The van der Waals surface area contributed by atoms with Crippen LogP contribution in [0.3, 0.4) is 0 Å². The van der Waals surface area contributed by atoms with Crippen molar-refractivity contribution in [3.8, 4) is 17.0 Å². The first-order valence-electron chi connectivity index (χ1n) is 10.5. The molecule has 0 radical (unpaired) electrons. The third-order valence-corrected chi connectivity index (χ3v) is 6.29. The number of thioether (sulfide) groups is 1. The number of benzene rings is 2. The fourth-order valence-electron chi connectivity index (χ4n) is 3.54. The number of methoxy groups -OCH3 is 1. The minimum Gasteiger partial charge on any atom is -0.497 e. The monoisotopic (exact) mass is 458 g/mol. The Morgan fingerprint density at radius 2 is 1.85 bits per heavy atom. The van der Waals surface area contributed by atoms with E-state index in [4.69, 9.17) is 4.74 Å². The molecule has 8 nitrogen and oxygen atoms in total. The topological polar surface area (TPSA) is 85.8 Å². The van der Waals surface area contributed by atoms with Gasteiger partial charge < -0.3 is 10.1 Å². The van der Waals surface area contributed by atoms with Gasteiger partial charge in [-0.1, -0.05) is 30.8 Å². The number of carbonyl (C=O) groups excluding carboxylic acids is 1. The maximum absolute atomic E-state index is 12.4. The number of hydrogen-bond acceptors (Lipinski definition) is 6. The number of aryl methyl sites for hydroxylation is 1. The van der Waals surface area contributed by atoms with Crippen LogP contribution in [0.4, 0.5) is 5.69 Å². The first kappa shape index (κ1) is 21.0. The summed E-state index contributed by atoms with van der Waals surface area (Å²) in [6, 6.07) is 17.6. The van der Waals surface area contributed by atoms with Crippen molar-refractivity contribution in [1.29, 1.82) is 0 Å². The predicted octanol–water partition coefficient (Wildman–Crippen LogP) is 4.35. The predicted molar refractivity (Wildman–Crippen MR) is 129 cm³/mol. The molecule has 0 bridgehead atoms. The highest BCUT2D eigenvalue weighted by atomic mass is 32.2. The van der Waals surface area contributed by atoms with E-state index in [0.717, 1.165) is 34.6 Å². The van der Waals surface area contributed by atoms with Gasteiger partial charge >= 0.3 is 0 Å². The number of nitrogens with one attached hydrogen (secondary N) is 1. The number of fused-ring (bicyclic) bond motifs is 3. The second kappa shape index (κ2) is 8.95. The van der Waals surface area contributed by atoms with Gasteiger partial charge in [-0.3, -0.25) is 9.20 Å². The summed E-state index contributed by atoms with van der Waals surface area (Å²) in [6.07, 6.45) is 4.69. The van der Waals surface area contributed by atoms with Crippen molar-refractivity contribution < 1.29 is 9.53 Å². The Bertz CT molecular complexity index is 1420. The Labute approximate surface area is 194 Å². The van der Waals surface area contributed by atoms with Gasteiger partial charge in [0, 0.05) is 23.6 Å². The van der Waals surface area contributed by atoms with E-state index < -0.39 is 0 Å². The molecule has 3 aromatic heterocycles. The van der Waals surface area contributed by atoms with Crippen molar-refractivity contribution in [2.45, 2.75) is 18.5 Å². The van der Waals surface area contributed by atoms with Crippen LogP contribution >= 0.6 is 11.8 Å². The van der Waals surface area contributed by atoms with Gasteiger partial charge in [0.25, 0.3) is 0 Å². The highest BCUT2D eigenvalue weighted by molar-refractivity contribution is 7.99. The first-order chi connectivity index (χ1) is 16.1. The summed E-state index contributed by atoms with van der Waals surface area (Å²) < 4.78 is 8.89. The number of amides is 1. The van der Waals surface area contributed by atoms with E-state index in [1.165, 1.54) is 17.3 Å². The summed E-state index contributed by atoms with van der Waals surface area (Å²) in [5.41, 5.74) is 5.35. The summed E-state index contributed by atoms with van der Waals surface area (Å²) in [5.74, 6) is 0.942. The number of rotatable bonds is 7. The summed E-state index contributed by atoms with van der Waals surface area (Å²) in [5, 5.41) is 16.9. The Morgan fingerprint density at radius 1 is 1.06 bits per heavy atom.